The highest BCUT2D eigenvalue weighted by Gasteiger charge is 2.26. The van der Waals surface area contributed by atoms with Crippen LogP contribution in [0, 0.1) is 0 Å². The molecule has 2 rings (SSSR count). The number of hydrogen-bond acceptors (Lipinski definition) is 4. The van der Waals surface area contributed by atoms with Crippen molar-refractivity contribution in [3.05, 3.63) is 23.2 Å². The van der Waals surface area contributed by atoms with Gasteiger partial charge in [-0.15, -0.1) is 0 Å². The fourth-order valence-corrected chi connectivity index (χ4v) is 2.74. The van der Waals surface area contributed by atoms with Gasteiger partial charge in [0.15, 0.2) is 0 Å². The second-order valence-electron chi connectivity index (χ2n) is 4.73. The SMILES string of the molecule is CCN(CC)C1CCN(Cc2cnc(Cl)cn2)C1. The fraction of sp³-hybridized carbons (Fsp3) is 0.692. The molecule has 1 saturated heterocycles. The number of aromatic nitrogens is 2. The number of halogens is 1. The Hall–Kier alpha value is -0.710. The summed E-state index contributed by atoms with van der Waals surface area (Å²) in [6, 6.07) is 0.695. The van der Waals surface area contributed by atoms with E-state index in [1.807, 2.05) is 0 Å². The molecule has 1 unspecified atom stereocenters. The fourth-order valence-electron chi connectivity index (χ4n) is 2.64. The van der Waals surface area contributed by atoms with Gasteiger partial charge in [-0.1, -0.05) is 25.4 Å². The van der Waals surface area contributed by atoms with E-state index in [1.54, 1.807) is 12.4 Å². The van der Waals surface area contributed by atoms with E-state index in [9.17, 15) is 0 Å². The quantitative estimate of drug-likeness (QED) is 0.818. The van der Waals surface area contributed by atoms with Gasteiger partial charge >= 0.3 is 0 Å². The number of rotatable bonds is 5. The molecule has 0 N–H and O–H groups in total. The first-order valence-electron chi connectivity index (χ1n) is 6.65. The number of likely N-dealkylation sites (tertiary alicyclic amines) is 1. The third kappa shape index (κ3) is 3.40. The molecule has 0 spiro atoms. The third-order valence-corrected chi connectivity index (χ3v) is 3.83. The molecule has 1 atom stereocenters. The van der Waals surface area contributed by atoms with Crippen molar-refractivity contribution in [3.8, 4) is 0 Å². The molecule has 4 nitrogen and oxygen atoms in total. The second-order valence-corrected chi connectivity index (χ2v) is 5.12. The number of nitrogens with zero attached hydrogens (tertiary/aromatic N) is 4. The van der Waals surface area contributed by atoms with Crippen LogP contribution in [0.5, 0.6) is 0 Å². The summed E-state index contributed by atoms with van der Waals surface area (Å²) in [5, 5.41) is 0.459. The van der Waals surface area contributed by atoms with E-state index in [0.29, 0.717) is 11.2 Å². The zero-order valence-corrected chi connectivity index (χ0v) is 11.9. The predicted molar refractivity (Wildman–Crippen MR) is 73.6 cm³/mol. The summed E-state index contributed by atoms with van der Waals surface area (Å²) in [5.41, 5.74) is 1.000. The van der Waals surface area contributed by atoms with Gasteiger partial charge in [0.05, 0.1) is 18.1 Å². The Morgan fingerprint density at radius 1 is 1.33 bits per heavy atom. The highest BCUT2D eigenvalue weighted by molar-refractivity contribution is 6.29. The summed E-state index contributed by atoms with van der Waals surface area (Å²) in [6.07, 6.45) is 4.64. The van der Waals surface area contributed by atoms with E-state index in [4.69, 9.17) is 11.6 Å². The maximum absolute atomic E-state index is 5.74. The van der Waals surface area contributed by atoms with Crippen LogP contribution in [0.15, 0.2) is 12.4 Å². The van der Waals surface area contributed by atoms with Crippen LogP contribution in [0.2, 0.25) is 5.15 Å². The smallest absolute Gasteiger partial charge is 0.147 e. The molecule has 0 saturated carbocycles. The highest BCUT2D eigenvalue weighted by Crippen LogP contribution is 2.17. The standard InChI is InChI=1S/C13H21ClN4/c1-3-18(4-2)12-5-6-17(10-12)9-11-7-16-13(14)8-15-11/h7-8,12H,3-6,9-10H2,1-2H3. The van der Waals surface area contributed by atoms with Crippen LogP contribution >= 0.6 is 11.6 Å². The van der Waals surface area contributed by atoms with Gasteiger partial charge < -0.3 is 0 Å². The van der Waals surface area contributed by atoms with Crippen molar-refractivity contribution in [3.63, 3.8) is 0 Å². The Bertz CT molecular complexity index is 364. The van der Waals surface area contributed by atoms with Crippen molar-refractivity contribution in [2.75, 3.05) is 26.2 Å². The molecule has 18 heavy (non-hydrogen) atoms. The first-order valence-corrected chi connectivity index (χ1v) is 7.03. The van der Waals surface area contributed by atoms with E-state index >= 15 is 0 Å². The van der Waals surface area contributed by atoms with E-state index in [-0.39, 0.29) is 0 Å². The van der Waals surface area contributed by atoms with Crippen molar-refractivity contribution in [1.29, 1.82) is 0 Å². The van der Waals surface area contributed by atoms with E-state index in [2.05, 4.69) is 33.6 Å². The second kappa shape index (κ2) is 6.45. The summed E-state index contributed by atoms with van der Waals surface area (Å²) in [6.45, 7) is 9.89. The molecule has 1 fully saturated rings. The summed E-state index contributed by atoms with van der Waals surface area (Å²) in [7, 11) is 0. The minimum absolute atomic E-state index is 0.459. The minimum atomic E-state index is 0.459. The average molecular weight is 269 g/mol. The van der Waals surface area contributed by atoms with Gasteiger partial charge in [-0.25, -0.2) is 4.98 Å². The Morgan fingerprint density at radius 2 is 2.11 bits per heavy atom. The molecule has 1 aliphatic rings. The Kier molecular flexibility index (Phi) is 4.92. The van der Waals surface area contributed by atoms with E-state index in [0.717, 1.165) is 38.4 Å². The van der Waals surface area contributed by atoms with Crippen LogP contribution in [0.4, 0.5) is 0 Å². The van der Waals surface area contributed by atoms with Crippen LogP contribution in [0.3, 0.4) is 0 Å². The topological polar surface area (TPSA) is 32.3 Å². The van der Waals surface area contributed by atoms with Gasteiger partial charge in [0.25, 0.3) is 0 Å². The molecule has 0 bridgehead atoms. The molecular weight excluding hydrogens is 248 g/mol. The normalized spacial score (nSPS) is 20.8. The maximum Gasteiger partial charge on any atom is 0.147 e. The molecule has 0 radical (unpaired) electrons. The van der Waals surface area contributed by atoms with E-state index < -0.39 is 0 Å². The molecule has 0 aromatic carbocycles. The van der Waals surface area contributed by atoms with Crippen molar-refractivity contribution in [2.45, 2.75) is 32.9 Å². The van der Waals surface area contributed by atoms with Crippen LogP contribution < -0.4 is 0 Å². The third-order valence-electron chi connectivity index (χ3n) is 3.64. The molecule has 100 valence electrons. The van der Waals surface area contributed by atoms with Crippen molar-refractivity contribution in [2.24, 2.45) is 0 Å². The molecule has 2 heterocycles. The number of hydrogen-bond donors (Lipinski definition) is 0. The van der Waals surface area contributed by atoms with Crippen LogP contribution in [0.1, 0.15) is 26.0 Å². The first-order chi connectivity index (χ1) is 8.72. The predicted octanol–water partition coefficient (Wildman–Crippen LogP) is 2.05. The van der Waals surface area contributed by atoms with Gasteiger partial charge in [-0.2, -0.15) is 0 Å². The summed E-state index contributed by atoms with van der Waals surface area (Å²) in [5.74, 6) is 0. The maximum atomic E-state index is 5.74. The zero-order chi connectivity index (χ0) is 13.0. The molecule has 5 heteroatoms. The van der Waals surface area contributed by atoms with Crippen LogP contribution in [-0.4, -0.2) is 52.0 Å². The van der Waals surface area contributed by atoms with Gasteiger partial charge in [0.1, 0.15) is 5.15 Å². The Labute approximate surface area is 114 Å². The lowest BCUT2D eigenvalue weighted by atomic mass is 10.2. The largest absolute Gasteiger partial charge is 0.300 e. The van der Waals surface area contributed by atoms with Crippen LogP contribution in [-0.2, 0) is 6.54 Å². The lowest BCUT2D eigenvalue weighted by Crippen LogP contribution is -2.37. The Balaban J connectivity index is 1.87. The molecule has 0 aliphatic carbocycles. The van der Waals surface area contributed by atoms with Gasteiger partial charge in [0, 0.05) is 25.7 Å². The van der Waals surface area contributed by atoms with Crippen molar-refractivity contribution >= 4 is 11.6 Å². The highest BCUT2D eigenvalue weighted by atomic mass is 35.5. The molecular formula is C13H21ClN4. The lowest BCUT2D eigenvalue weighted by Gasteiger charge is -2.26. The van der Waals surface area contributed by atoms with Gasteiger partial charge in [0.2, 0.25) is 0 Å². The summed E-state index contributed by atoms with van der Waals surface area (Å²) in [4.78, 5) is 13.4. The Morgan fingerprint density at radius 3 is 2.72 bits per heavy atom. The first kappa shape index (κ1) is 13.7. The summed E-state index contributed by atoms with van der Waals surface area (Å²) >= 11 is 5.74. The van der Waals surface area contributed by atoms with Crippen LogP contribution in [0.25, 0.3) is 0 Å². The van der Waals surface area contributed by atoms with E-state index in [1.165, 1.54) is 6.42 Å². The minimum Gasteiger partial charge on any atom is -0.300 e. The van der Waals surface area contributed by atoms with Gasteiger partial charge in [-0.05, 0) is 19.5 Å². The molecule has 1 aromatic rings. The monoisotopic (exact) mass is 268 g/mol. The average Bonchev–Trinajstić information content (AvgIpc) is 2.82. The molecule has 1 aromatic heterocycles. The lowest BCUT2D eigenvalue weighted by molar-refractivity contribution is 0.208. The van der Waals surface area contributed by atoms with Crippen molar-refractivity contribution < 1.29 is 0 Å². The number of likely N-dealkylation sites (N-methyl/N-ethyl adjacent to an activating group) is 1. The molecule has 1 aliphatic heterocycles. The molecule has 0 amide bonds. The van der Waals surface area contributed by atoms with Gasteiger partial charge in [-0.3, -0.25) is 14.8 Å². The zero-order valence-electron chi connectivity index (χ0n) is 11.1. The summed E-state index contributed by atoms with van der Waals surface area (Å²) < 4.78 is 0. The van der Waals surface area contributed by atoms with Crippen molar-refractivity contribution in [1.82, 2.24) is 19.8 Å².